The van der Waals surface area contributed by atoms with Crippen LogP contribution in [-0.4, -0.2) is 34.2 Å². The number of carbonyl (C=O) groups excluding carboxylic acids is 1. The predicted molar refractivity (Wildman–Crippen MR) is 91.4 cm³/mol. The lowest BCUT2D eigenvalue weighted by Gasteiger charge is -2.39. The van der Waals surface area contributed by atoms with Crippen LogP contribution in [0.5, 0.6) is 0 Å². The summed E-state index contributed by atoms with van der Waals surface area (Å²) in [4.78, 5) is 14.3. The van der Waals surface area contributed by atoms with Crippen molar-refractivity contribution in [3.8, 4) is 0 Å². The van der Waals surface area contributed by atoms with Crippen molar-refractivity contribution in [2.45, 2.75) is 69.3 Å². The van der Waals surface area contributed by atoms with E-state index in [9.17, 15) is 4.79 Å². The molecular weight excluding hydrogens is 312 g/mol. The van der Waals surface area contributed by atoms with Gasteiger partial charge in [0, 0.05) is 24.7 Å². The number of rotatable bonds is 4. The van der Waals surface area contributed by atoms with E-state index in [1.165, 1.54) is 5.56 Å². The number of benzene rings is 1. The summed E-state index contributed by atoms with van der Waals surface area (Å²) >= 11 is 6.03. The predicted octanol–water partition coefficient (Wildman–Crippen LogP) is 3.88. The van der Waals surface area contributed by atoms with Gasteiger partial charge >= 0.3 is 6.09 Å². The van der Waals surface area contributed by atoms with Crippen molar-refractivity contribution in [3.63, 3.8) is 0 Å². The van der Waals surface area contributed by atoms with Gasteiger partial charge in [-0.15, -0.1) is 0 Å². The fraction of sp³-hybridized carbons (Fsp3) is 0.611. The maximum absolute atomic E-state index is 12.4. The number of nitrogens with zero attached hydrogens (tertiary/aromatic N) is 1. The van der Waals surface area contributed by atoms with E-state index in [-0.39, 0.29) is 18.2 Å². The van der Waals surface area contributed by atoms with Crippen LogP contribution in [0.4, 0.5) is 4.79 Å². The van der Waals surface area contributed by atoms with Gasteiger partial charge in [0.2, 0.25) is 0 Å². The van der Waals surface area contributed by atoms with E-state index in [1.54, 1.807) is 13.8 Å². The maximum atomic E-state index is 12.4. The number of nitrogens with one attached hydrogen (secondary N) is 1. The van der Waals surface area contributed by atoms with Crippen LogP contribution in [0.3, 0.4) is 0 Å². The molecule has 3 rings (SSSR count). The molecule has 1 amide bonds. The molecular formula is C18H25ClN2O2. The first-order chi connectivity index (χ1) is 10.9. The minimum atomic E-state index is -0.946. The summed E-state index contributed by atoms with van der Waals surface area (Å²) < 4.78 is 5.35. The Morgan fingerprint density at radius 2 is 1.87 bits per heavy atom. The lowest BCUT2D eigenvalue weighted by Crippen LogP contribution is -2.52. The summed E-state index contributed by atoms with van der Waals surface area (Å²) in [5.41, 5.74) is 1.30. The number of fused-ring (bicyclic) bond motifs is 2. The van der Waals surface area contributed by atoms with Crippen LogP contribution in [-0.2, 0) is 11.3 Å². The molecule has 4 nitrogen and oxygen atoms in total. The lowest BCUT2D eigenvalue weighted by molar-refractivity contribution is 0.0306. The van der Waals surface area contributed by atoms with E-state index < -0.39 is 5.06 Å². The minimum absolute atomic E-state index is 0.265. The number of amides is 1. The molecule has 0 saturated carbocycles. The lowest BCUT2D eigenvalue weighted by atomic mass is 9.97. The highest BCUT2D eigenvalue weighted by Gasteiger charge is 2.44. The van der Waals surface area contributed by atoms with E-state index in [0.29, 0.717) is 6.04 Å². The van der Waals surface area contributed by atoms with Gasteiger partial charge < -0.3 is 15.0 Å². The number of ether oxygens (including phenoxy) is 1. The van der Waals surface area contributed by atoms with E-state index in [4.69, 9.17) is 16.3 Å². The summed E-state index contributed by atoms with van der Waals surface area (Å²) in [6.07, 6.45) is 3.83. The average Bonchev–Trinajstić information content (AvgIpc) is 2.76. The Labute approximate surface area is 143 Å². The first-order valence-electron chi connectivity index (χ1n) is 8.40. The second-order valence-electron chi connectivity index (χ2n) is 7.06. The van der Waals surface area contributed by atoms with Crippen molar-refractivity contribution in [3.05, 3.63) is 35.9 Å². The largest absolute Gasteiger partial charge is 0.427 e. The molecule has 5 heteroatoms. The molecule has 1 aromatic carbocycles. The Kier molecular flexibility index (Phi) is 4.83. The maximum Gasteiger partial charge on any atom is 0.411 e. The first-order valence-corrected chi connectivity index (χ1v) is 8.78. The molecule has 0 spiro atoms. The molecule has 2 heterocycles. The Morgan fingerprint density at radius 1 is 1.26 bits per heavy atom. The zero-order valence-corrected chi connectivity index (χ0v) is 14.6. The minimum Gasteiger partial charge on any atom is -0.427 e. The Bertz CT molecular complexity index is 530. The molecule has 2 fully saturated rings. The fourth-order valence-electron chi connectivity index (χ4n) is 3.76. The molecule has 0 aromatic heterocycles. The van der Waals surface area contributed by atoms with E-state index in [1.807, 2.05) is 11.0 Å². The van der Waals surface area contributed by atoms with Crippen LogP contribution in [0.25, 0.3) is 0 Å². The Hall–Kier alpha value is -1.26. The van der Waals surface area contributed by atoms with Crippen molar-refractivity contribution in [1.29, 1.82) is 0 Å². The fourth-order valence-corrected chi connectivity index (χ4v) is 3.83. The second-order valence-corrected chi connectivity index (χ2v) is 7.97. The highest BCUT2D eigenvalue weighted by Crippen LogP contribution is 2.37. The summed E-state index contributed by atoms with van der Waals surface area (Å²) in [6.45, 7) is 4.27. The third-order valence-corrected chi connectivity index (χ3v) is 4.79. The summed E-state index contributed by atoms with van der Waals surface area (Å²) in [6, 6.07) is 11.4. The molecule has 2 atom stereocenters. The van der Waals surface area contributed by atoms with E-state index in [0.717, 1.165) is 32.2 Å². The topological polar surface area (TPSA) is 41.6 Å². The van der Waals surface area contributed by atoms with E-state index >= 15 is 0 Å². The van der Waals surface area contributed by atoms with Crippen molar-refractivity contribution in [2.24, 2.45) is 0 Å². The normalized spacial score (nSPS) is 27.1. The zero-order valence-electron chi connectivity index (χ0n) is 13.8. The highest BCUT2D eigenvalue weighted by atomic mass is 35.5. The van der Waals surface area contributed by atoms with Crippen LogP contribution >= 0.6 is 11.6 Å². The Balaban J connectivity index is 1.55. The van der Waals surface area contributed by atoms with Crippen molar-refractivity contribution < 1.29 is 9.53 Å². The van der Waals surface area contributed by atoms with Gasteiger partial charge in [-0.05, 0) is 45.1 Å². The molecule has 0 aliphatic carbocycles. The molecule has 0 radical (unpaired) electrons. The first kappa shape index (κ1) is 16.6. The SMILES string of the molecule is CC(C)(Cl)OC(=O)N1C2CCC1CC(NCc1ccccc1)C2. The third kappa shape index (κ3) is 4.18. The average molecular weight is 337 g/mol. The van der Waals surface area contributed by atoms with Crippen molar-refractivity contribution in [2.75, 3.05) is 0 Å². The number of piperidine rings is 1. The number of hydrogen-bond donors (Lipinski definition) is 1. The highest BCUT2D eigenvalue weighted by molar-refractivity contribution is 6.22. The monoisotopic (exact) mass is 336 g/mol. The zero-order chi connectivity index (χ0) is 16.4. The standard InChI is InChI=1S/C18H25ClN2O2/c1-18(2,19)23-17(22)21-15-8-9-16(21)11-14(10-15)20-12-13-6-4-3-5-7-13/h3-7,14-16,20H,8-12H2,1-2H3. The number of halogens is 1. The van der Waals surface area contributed by atoms with Gasteiger partial charge in [0.15, 0.2) is 5.06 Å². The van der Waals surface area contributed by atoms with E-state index in [2.05, 4.69) is 29.6 Å². The van der Waals surface area contributed by atoms with Gasteiger partial charge in [0.25, 0.3) is 0 Å². The third-order valence-electron chi connectivity index (χ3n) is 4.71. The molecule has 23 heavy (non-hydrogen) atoms. The molecule has 2 unspecified atom stereocenters. The molecule has 126 valence electrons. The summed E-state index contributed by atoms with van der Waals surface area (Å²) in [5, 5.41) is 2.70. The molecule has 1 N–H and O–H groups in total. The molecule has 1 aromatic rings. The van der Waals surface area contributed by atoms with Gasteiger partial charge in [-0.25, -0.2) is 4.79 Å². The van der Waals surface area contributed by atoms with Crippen molar-refractivity contribution in [1.82, 2.24) is 10.2 Å². The van der Waals surface area contributed by atoms with Crippen LogP contribution in [0.2, 0.25) is 0 Å². The molecule has 2 aliphatic heterocycles. The number of hydrogen-bond acceptors (Lipinski definition) is 3. The number of alkyl halides is 1. The summed E-state index contributed by atoms with van der Waals surface area (Å²) in [7, 11) is 0. The second kappa shape index (κ2) is 6.70. The van der Waals surface area contributed by atoms with Crippen LogP contribution in [0.15, 0.2) is 30.3 Å². The van der Waals surface area contributed by atoms with Crippen LogP contribution in [0.1, 0.15) is 45.1 Å². The van der Waals surface area contributed by atoms with Gasteiger partial charge in [-0.3, -0.25) is 0 Å². The smallest absolute Gasteiger partial charge is 0.411 e. The van der Waals surface area contributed by atoms with Gasteiger partial charge in [0.1, 0.15) is 0 Å². The quantitative estimate of drug-likeness (QED) is 0.848. The molecule has 2 saturated heterocycles. The van der Waals surface area contributed by atoms with Gasteiger partial charge in [-0.1, -0.05) is 41.9 Å². The van der Waals surface area contributed by atoms with Crippen molar-refractivity contribution >= 4 is 17.7 Å². The Morgan fingerprint density at radius 3 is 2.43 bits per heavy atom. The summed E-state index contributed by atoms with van der Waals surface area (Å²) in [5.74, 6) is 0. The van der Waals surface area contributed by atoms with Crippen LogP contribution in [0, 0.1) is 0 Å². The van der Waals surface area contributed by atoms with Crippen LogP contribution < -0.4 is 5.32 Å². The van der Waals surface area contributed by atoms with Gasteiger partial charge in [-0.2, -0.15) is 0 Å². The molecule has 2 bridgehead atoms. The number of carbonyl (C=O) groups is 1. The molecule has 2 aliphatic rings. The van der Waals surface area contributed by atoms with Gasteiger partial charge in [0.05, 0.1) is 0 Å².